The van der Waals surface area contributed by atoms with Crippen LogP contribution in [0.2, 0.25) is 0 Å². The molecule has 1 N–H and O–H groups in total. The van der Waals surface area contributed by atoms with E-state index in [2.05, 4.69) is 42.0 Å². The number of aromatic nitrogens is 2. The van der Waals surface area contributed by atoms with E-state index in [-0.39, 0.29) is 0 Å². The van der Waals surface area contributed by atoms with Gasteiger partial charge in [-0.1, -0.05) is 0 Å². The van der Waals surface area contributed by atoms with E-state index in [0.717, 1.165) is 27.7 Å². The largest absolute Gasteiger partial charge is 0.497 e. The Morgan fingerprint density at radius 2 is 1.76 bits per heavy atom. The van der Waals surface area contributed by atoms with Crippen molar-refractivity contribution in [2.45, 2.75) is 13.8 Å². The number of methoxy groups -OCH3 is 1. The minimum Gasteiger partial charge on any atom is -0.497 e. The SMILES string of the molecule is COc1ccc2c(c1)[nH]c1c3cc(C)c(C)cc3ncc21. The topological polar surface area (TPSA) is 37.9 Å². The Labute approximate surface area is 122 Å². The molecule has 2 heterocycles. The summed E-state index contributed by atoms with van der Waals surface area (Å²) in [5, 5.41) is 3.51. The van der Waals surface area contributed by atoms with Gasteiger partial charge in [0.15, 0.2) is 0 Å². The molecule has 0 radical (unpaired) electrons. The molecule has 0 fully saturated rings. The normalized spacial score (nSPS) is 11.6. The predicted octanol–water partition coefficient (Wildman–Crippen LogP) is 4.49. The van der Waals surface area contributed by atoms with Gasteiger partial charge in [0.05, 0.1) is 23.7 Å². The highest BCUT2D eigenvalue weighted by molar-refractivity contribution is 6.16. The summed E-state index contributed by atoms with van der Waals surface area (Å²) in [5.74, 6) is 0.860. The summed E-state index contributed by atoms with van der Waals surface area (Å²) in [6, 6.07) is 10.5. The van der Waals surface area contributed by atoms with Crippen LogP contribution < -0.4 is 4.74 Å². The Bertz CT molecular complexity index is 999. The lowest BCUT2D eigenvalue weighted by Gasteiger charge is -2.04. The van der Waals surface area contributed by atoms with Crippen LogP contribution in [0.5, 0.6) is 5.75 Å². The van der Waals surface area contributed by atoms with Crippen LogP contribution in [0.1, 0.15) is 11.1 Å². The first-order valence-corrected chi connectivity index (χ1v) is 7.03. The number of benzene rings is 2. The van der Waals surface area contributed by atoms with Crippen LogP contribution in [0.3, 0.4) is 0 Å². The van der Waals surface area contributed by atoms with E-state index in [4.69, 9.17) is 4.74 Å². The van der Waals surface area contributed by atoms with Crippen LogP contribution in [-0.2, 0) is 0 Å². The lowest BCUT2D eigenvalue weighted by atomic mass is 10.0. The van der Waals surface area contributed by atoms with Crippen molar-refractivity contribution < 1.29 is 4.74 Å². The smallest absolute Gasteiger partial charge is 0.120 e. The zero-order valence-corrected chi connectivity index (χ0v) is 12.3. The molecular formula is C18H16N2O. The maximum Gasteiger partial charge on any atom is 0.120 e. The Morgan fingerprint density at radius 3 is 2.57 bits per heavy atom. The van der Waals surface area contributed by atoms with Crippen LogP contribution >= 0.6 is 0 Å². The van der Waals surface area contributed by atoms with E-state index in [9.17, 15) is 0 Å². The molecule has 0 saturated carbocycles. The maximum atomic E-state index is 5.30. The fourth-order valence-electron chi connectivity index (χ4n) is 2.91. The fraction of sp³-hybridized carbons (Fsp3) is 0.167. The molecule has 0 atom stereocenters. The van der Waals surface area contributed by atoms with Crippen molar-refractivity contribution in [2.24, 2.45) is 0 Å². The van der Waals surface area contributed by atoms with E-state index in [0.29, 0.717) is 0 Å². The number of H-pyrrole nitrogens is 1. The van der Waals surface area contributed by atoms with Gasteiger partial charge in [-0.2, -0.15) is 0 Å². The second-order valence-electron chi connectivity index (χ2n) is 5.54. The van der Waals surface area contributed by atoms with Gasteiger partial charge in [-0.15, -0.1) is 0 Å². The molecule has 0 aliphatic carbocycles. The lowest BCUT2D eigenvalue weighted by molar-refractivity contribution is 0.415. The molecule has 2 aromatic heterocycles. The highest BCUT2D eigenvalue weighted by Gasteiger charge is 2.10. The van der Waals surface area contributed by atoms with Gasteiger partial charge >= 0.3 is 0 Å². The third-order valence-electron chi connectivity index (χ3n) is 4.26. The van der Waals surface area contributed by atoms with Gasteiger partial charge in [0, 0.05) is 28.4 Å². The van der Waals surface area contributed by atoms with Crippen LogP contribution in [0, 0.1) is 13.8 Å². The third-order valence-corrected chi connectivity index (χ3v) is 4.26. The lowest BCUT2D eigenvalue weighted by Crippen LogP contribution is -1.86. The zero-order chi connectivity index (χ0) is 14.6. The van der Waals surface area contributed by atoms with Crippen molar-refractivity contribution in [1.29, 1.82) is 0 Å². The van der Waals surface area contributed by atoms with Crippen molar-refractivity contribution in [3.63, 3.8) is 0 Å². The highest BCUT2D eigenvalue weighted by Crippen LogP contribution is 2.32. The molecule has 0 amide bonds. The second-order valence-corrected chi connectivity index (χ2v) is 5.54. The molecule has 4 aromatic rings. The molecule has 3 heteroatoms. The van der Waals surface area contributed by atoms with Gasteiger partial charge in [0.1, 0.15) is 5.75 Å². The van der Waals surface area contributed by atoms with E-state index >= 15 is 0 Å². The molecule has 0 aliphatic rings. The van der Waals surface area contributed by atoms with Crippen molar-refractivity contribution in [1.82, 2.24) is 9.97 Å². The van der Waals surface area contributed by atoms with Gasteiger partial charge in [-0.05, 0) is 49.2 Å². The number of nitrogens with zero attached hydrogens (tertiary/aromatic N) is 1. The van der Waals surface area contributed by atoms with Crippen molar-refractivity contribution in [2.75, 3.05) is 7.11 Å². The standard InChI is InChI=1S/C18H16N2O/c1-10-6-14-16(7-11(10)2)19-9-15-13-5-4-12(21-3)8-17(13)20-18(14)15/h4-9,20H,1-3H3. The number of hydrogen-bond donors (Lipinski definition) is 1. The molecule has 0 spiro atoms. The van der Waals surface area contributed by atoms with Gasteiger partial charge in [0.25, 0.3) is 0 Å². The van der Waals surface area contributed by atoms with Gasteiger partial charge in [-0.25, -0.2) is 0 Å². The first-order valence-electron chi connectivity index (χ1n) is 7.03. The Morgan fingerprint density at radius 1 is 0.952 bits per heavy atom. The molecule has 104 valence electrons. The summed E-state index contributed by atoms with van der Waals surface area (Å²) in [4.78, 5) is 8.15. The highest BCUT2D eigenvalue weighted by atomic mass is 16.5. The molecule has 0 bridgehead atoms. The molecule has 21 heavy (non-hydrogen) atoms. The average Bonchev–Trinajstić information content (AvgIpc) is 2.86. The third kappa shape index (κ3) is 1.70. The van der Waals surface area contributed by atoms with Crippen molar-refractivity contribution in [3.8, 4) is 5.75 Å². The first kappa shape index (κ1) is 12.2. The minimum atomic E-state index is 0.860. The second kappa shape index (κ2) is 4.22. The number of aromatic amines is 1. The summed E-state index contributed by atoms with van der Waals surface area (Å²) in [5.41, 5.74) is 5.81. The van der Waals surface area contributed by atoms with E-state index in [1.807, 2.05) is 18.3 Å². The van der Waals surface area contributed by atoms with E-state index < -0.39 is 0 Å². The van der Waals surface area contributed by atoms with Crippen LogP contribution in [0.4, 0.5) is 0 Å². The quantitative estimate of drug-likeness (QED) is 0.556. The summed E-state index contributed by atoms with van der Waals surface area (Å²) < 4.78 is 5.30. The van der Waals surface area contributed by atoms with Gasteiger partial charge in [0.2, 0.25) is 0 Å². The summed E-state index contributed by atoms with van der Waals surface area (Å²) >= 11 is 0. The number of nitrogens with one attached hydrogen (secondary N) is 1. The molecule has 3 nitrogen and oxygen atoms in total. The average molecular weight is 276 g/mol. The van der Waals surface area contributed by atoms with Crippen molar-refractivity contribution in [3.05, 3.63) is 47.7 Å². The van der Waals surface area contributed by atoms with Gasteiger partial charge < -0.3 is 9.72 Å². The molecule has 0 saturated heterocycles. The number of aryl methyl sites for hydroxylation is 2. The molecule has 0 unspecified atom stereocenters. The Kier molecular flexibility index (Phi) is 2.45. The Hall–Kier alpha value is -2.55. The molecular weight excluding hydrogens is 260 g/mol. The molecule has 2 aromatic carbocycles. The van der Waals surface area contributed by atoms with E-state index in [1.54, 1.807) is 7.11 Å². The molecule has 4 rings (SSSR count). The summed E-state index contributed by atoms with van der Waals surface area (Å²) in [6.45, 7) is 4.26. The number of rotatable bonds is 1. The monoisotopic (exact) mass is 276 g/mol. The van der Waals surface area contributed by atoms with Crippen LogP contribution in [0.25, 0.3) is 32.7 Å². The van der Waals surface area contributed by atoms with Gasteiger partial charge in [-0.3, -0.25) is 4.98 Å². The number of fused-ring (bicyclic) bond motifs is 5. The first-order chi connectivity index (χ1) is 10.2. The number of pyridine rings is 1. The summed E-state index contributed by atoms with van der Waals surface area (Å²) in [7, 11) is 1.69. The maximum absolute atomic E-state index is 5.30. The van der Waals surface area contributed by atoms with E-state index in [1.165, 1.54) is 21.9 Å². The molecule has 0 aliphatic heterocycles. The number of ether oxygens (including phenoxy) is 1. The van der Waals surface area contributed by atoms with Crippen LogP contribution in [0.15, 0.2) is 36.5 Å². The van der Waals surface area contributed by atoms with Crippen LogP contribution in [-0.4, -0.2) is 17.1 Å². The Balaban J connectivity index is 2.17. The fourth-order valence-corrected chi connectivity index (χ4v) is 2.91. The zero-order valence-electron chi connectivity index (χ0n) is 12.3. The minimum absolute atomic E-state index is 0.860. The summed E-state index contributed by atoms with van der Waals surface area (Å²) in [6.07, 6.45) is 1.96. The number of hydrogen-bond acceptors (Lipinski definition) is 2. The predicted molar refractivity (Wildman–Crippen MR) is 87.1 cm³/mol. The van der Waals surface area contributed by atoms with Crippen molar-refractivity contribution >= 4 is 32.7 Å².